The highest BCUT2D eigenvalue weighted by Crippen LogP contribution is 2.22. The van der Waals surface area contributed by atoms with Gasteiger partial charge in [0.1, 0.15) is 5.82 Å². The Bertz CT molecular complexity index is 960. The molecule has 0 saturated carbocycles. The molecule has 0 aliphatic carbocycles. The van der Waals surface area contributed by atoms with E-state index in [1.807, 2.05) is 0 Å². The lowest BCUT2D eigenvalue weighted by molar-refractivity contribution is -0.119. The van der Waals surface area contributed by atoms with Gasteiger partial charge in [-0.15, -0.1) is 0 Å². The van der Waals surface area contributed by atoms with Crippen LogP contribution in [0.1, 0.15) is 45.5 Å². The number of nitrogens with zero attached hydrogens (tertiary/aromatic N) is 5. The maximum Gasteiger partial charge on any atom is 0.332 e. The minimum absolute atomic E-state index is 0.0475. The van der Waals surface area contributed by atoms with Gasteiger partial charge in [-0.3, -0.25) is 23.6 Å². The number of rotatable bonds is 4. The van der Waals surface area contributed by atoms with E-state index in [0.29, 0.717) is 29.5 Å². The van der Waals surface area contributed by atoms with Crippen molar-refractivity contribution in [3.63, 3.8) is 0 Å². The Hall–Kier alpha value is -2.22. The monoisotopic (exact) mass is 361 g/mol. The molecule has 2 aromatic heterocycles. The van der Waals surface area contributed by atoms with Crippen molar-refractivity contribution in [2.45, 2.75) is 46.2 Å². The maximum absolute atomic E-state index is 12.8. The van der Waals surface area contributed by atoms with Crippen LogP contribution in [0.5, 0.6) is 0 Å². The molecule has 1 fully saturated rings. The average Bonchev–Trinajstić information content (AvgIpc) is 2.98. The van der Waals surface area contributed by atoms with Gasteiger partial charge in [-0.25, -0.2) is 9.78 Å². The van der Waals surface area contributed by atoms with E-state index in [-0.39, 0.29) is 5.78 Å². The van der Waals surface area contributed by atoms with Crippen molar-refractivity contribution in [2.75, 3.05) is 13.1 Å². The smallest absolute Gasteiger partial charge is 0.311 e. The van der Waals surface area contributed by atoms with Crippen LogP contribution in [0.3, 0.4) is 0 Å². The van der Waals surface area contributed by atoms with Crippen molar-refractivity contribution in [1.82, 2.24) is 23.6 Å². The standard InChI is InChI=1S/C18H27N5O3/c1-11-6-8-22(9-7-11)10-14-19-16-15(23(14)12(2)13(3)24)17(25)21(5)18(26)20(16)4/h11-12H,6-10H2,1-5H3. The number of carbonyl (C=O) groups excluding carboxylic acids is 1. The normalized spacial score (nSPS) is 17.7. The maximum atomic E-state index is 12.8. The Balaban J connectivity index is 2.18. The Morgan fingerprint density at radius 3 is 2.38 bits per heavy atom. The Morgan fingerprint density at radius 2 is 1.81 bits per heavy atom. The van der Waals surface area contributed by atoms with Crippen LogP contribution in [-0.4, -0.2) is 42.5 Å². The zero-order valence-corrected chi connectivity index (χ0v) is 16.2. The third-order valence-electron chi connectivity index (χ3n) is 5.58. The molecule has 0 bridgehead atoms. The number of piperidine rings is 1. The van der Waals surface area contributed by atoms with Gasteiger partial charge in [0.05, 0.1) is 12.6 Å². The van der Waals surface area contributed by atoms with Crippen LogP contribution < -0.4 is 11.2 Å². The van der Waals surface area contributed by atoms with Crippen molar-refractivity contribution in [2.24, 2.45) is 20.0 Å². The molecule has 1 aliphatic rings. The molecule has 3 rings (SSSR count). The number of Topliss-reactive ketones (excluding diaryl/α,β-unsaturated/α-hetero) is 1. The summed E-state index contributed by atoms with van der Waals surface area (Å²) in [5.41, 5.74) is -0.174. The number of hydrogen-bond acceptors (Lipinski definition) is 5. The van der Waals surface area contributed by atoms with E-state index >= 15 is 0 Å². The van der Waals surface area contributed by atoms with Gasteiger partial charge in [0.2, 0.25) is 0 Å². The predicted molar refractivity (Wildman–Crippen MR) is 99.3 cm³/mol. The van der Waals surface area contributed by atoms with Gasteiger partial charge in [0, 0.05) is 14.1 Å². The topological polar surface area (TPSA) is 82.1 Å². The molecule has 26 heavy (non-hydrogen) atoms. The summed E-state index contributed by atoms with van der Waals surface area (Å²) in [6, 6.07) is -0.510. The third kappa shape index (κ3) is 3.02. The summed E-state index contributed by atoms with van der Waals surface area (Å²) in [7, 11) is 3.05. The highest BCUT2D eigenvalue weighted by Gasteiger charge is 2.26. The van der Waals surface area contributed by atoms with Crippen LogP contribution in [0.2, 0.25) is 0 Å². The van der Waals surface area contributed by atoms with Crippen LogP contribution in [0.15, 0.2) is 9.59 Å². The molecule has 0 aromatic carbocycles. The van der Waals surface area contributed by atoms with E-state index < -0.39 is 17.3 Å². The molecule has 2 aromatic rings. The number of ketones is 1. The zero-order chi connectivity index (χ0) is 19.2. The largest absolute Gasteiger partial charge is 0.332 e. The van der Waals surface area contributed by atoms with Crippen LogP contribution in [-0.2, 0) is 25.4 Å². The lowest BCUT2D eigenvalue weighted by atomic mass is 9.99. The predicted octanol–water partition coefficient (Wildman–Crippen LogP) is 0.816. The molecule has 8 nitrogen and oxygen atoms in total. The molecule has 0 amide bonds. The minimum atomic E-state index is -0.510. The fourth-order valence-electron chi connectivity index (χ4n) is 3.59. The summed E-state index contributed by atoms with van der Waals surface area (Å²) in [6.07, 6.45) is 2.26. The van der Waals surface area contributed by atoms with Crippen LogP contribution in [0, 0.1) is 5.92 Å². The second-order valence-electron chi connectivity index (χ2n) is 7.52. The van der Waals surface area contributed by atoms with Gasteiger partial charge in [-0.2, -0.15) is 0 Å². The fraction of sp³-hybridized carbons (Fsp3) is 0.667. The summed E-state index contributed by atoms with van der Waals surface area (Å²) in [5, 5.41) is 0. The van der Waals surface area contributed by atoms with Crippen molar-refractivity contribution in [1.29, 1.82) is 0 Å². The first-order valence-corrected chi connectivity index (χ1v) is 9.12. The molecular weight excluding hydrogens is 334 g/mol. The van der Waals surface area contributed by atoms with Gasteiger partial charge < -0.3 is 4.57 Å². The molecule has 8 heteroatoms. The number of imidazole rings is 1. The molecule has 3 heterocycles. The first-order valence-electron chi connectivity index (χ1n) is 9.12. The van der Waals surface area contributed by atoms with Crippen molar-refractivity contribution < 1.29 is 4.79 Å². The molecule has 0 spiro atoms. The number of hydrogen-bond donors (Lipinski definition) is 0. The minimum Gasteiger partial charge on any atom is -0.311 e. The third-order valence-corrected chi connectivity index (χ3v) is 5.58. The van der Waals surface area contributed by atoms with Crippen molar-refractivity contribution in [3.05, 3.63) is 26.7 Å². The molecule has 0 N–H and O–H groups in total. The van der Waals surface area contributed by atoms with E-state index in [1.165, 1.54) is 18.5 Å². The summed E-state index contributed by atoms with van der Waals surface area (Å²) in [5.74, 6) is 1.33. The van der Waals surface area contributed by atoms with Crippen LogP contribution in [0.25, 0.3) is 11.2 Å². The van der Waals surface area contributed by atoms with E-state index in [0.717, 1.165) is 30.5 Å². The first kappa shape index (κ1) is 18.6. The molecule has 1 saturated heterocycles. The zero-order valence-electron chi connectivity index (χ0n) is 16.2. The van der Waals surface area contributed by atoms with Gasteiger partial charge >= 0.3 is 5.69 Å². The Labute approximate surface area is 152 Å². The summed E-state index contributed by atoms with van der Waals surface area (Å²) >= 11 is 0. The lowest BCUT2D eigenvalue weighted by Crippen LogP contribution is -2.38. The highest BCUT2D eigenvalue weighted by atomic mass is 16.2. The van der Waals surface area contributed by atoms with E-state index in [2.05, 4.69) is 16.8 Å². The van der Waals surface area contributed by atoms with Gasteiger partial charge in [-0.05, 0) is 45.7 Å². The van der Waals surface area contributed by atoms with E-state index in [9.17, 15) is 14.4 Å². The second kappa shape index (κ2) is 6.83. The Morgan fingerprint density at radius 1 is 1.19 bits per heavy atom. The van der Waals surface area contributed by atoms with Crippen LogP contribution >= 0.6 is 0 Å². The van der Waals surface area contributed by atoms with Crippen LogP contribution in [0.4, 0.5) is 0 Å². The van der Waals surface area contributed by atoms with Gasteiger partial charge in [-0.1, -0.05) is 6.92 Å². The molecule has 1 unspecified atom stereocenters. The molecule has 1 atom stereocenters. The molecular formula is C18H27N5O3. The molecule has 142 valence electrons. The SMILES string of the molecule is CC(=O)C(C)n1c(CN2CCC(C)CC2)nc2c1c(=O)n(C)c(=O)n2C. The first-order chi connectivity index (χ1) is 12.2. The van der Waals surface area contributed by atoms with E-state index in [4.69, 9.17) is 0 Å². The Kier molecular flexibility index (Phi) is 4.88. The fourth-order valence-corrected chi connectivity index (χ4v) is 3.59. The van der Waals surface area contributed by atoms with Gasteiger partial charge in [0.15, 0.2) is 16.9 Å². The average molecular weight is 361 g/mol. The number of likely N-dealkylation sites (tertiary alicyclic amines) is 1. The number of aromatic nitrogens is 4. The van der Waals surface area contributed by atoms with Crippen molar-refractivity contribution in [3.8, 4) is 0 Å². The number of fused-ring (bicyclic) bond motifs is 1. The summed E-state index contributed by atoms with van der Waals surface area (Å²) in [4.78, 5) is 44.0. The lowest BCUT2D eigenvalue weighted by Gasteiger charge is -2.30. The quantitative estimate of drug-likeness (QED) is 0.805. The van der Waals surface area contributed by atoms with E-state index in [1.54, 1.807) is 18.5 Å². The number of carbonyl (C=O) groups is 1. The van der Waals surface area contributed by atoms with Gasteiger partial charge in [0.25, 0.3) is 5.56 Å². The summed E-state index contributed by atoms with van der Waals surface area (Å²) in [6.45, 7) is 8.04. The second-order valence-corrected chi connectivity index (χ2v) is 7.52. The molecule has 1 aliphatic heterocycles. The van der Waals surface area contributed by atoms with Crippen molar-refractivity contribution >= 4 is 16.9 Å². The summed E-state index contributed by atoms with van der Waals surface area (Å²) < 4.78 is 4.17. The number of aryl methyl sites for hydroxylation is 1. The molecule has 0 radical (unpaired) electrons. The highest BCUT2D eigenvalue weighted by molar-refractivity contribution is 5.82.